The Morgan fingerprint density at radius 3 is 3.12 bits per heavy atom. The van der Waals surface area contributed by atoms with E-state index in [2.05, 4.69) is 21.2 Å². The van der Waals surface area contributed by atoms with E-state index in [0.29, 0.717) is 5.25 Å². The van der Waals surface area contributed by atoms with Crippen molar-refractivity contribution in [1.82, 2.24) is 5.32 Å². The normalized spacial score (nSPS) is 21.7. The van der Waals surface area contributed by atoms with E-state index >= 15 is 0 Å². The molecule has 1 aliphatic rings. The van der Waals surface area contributed by atoms with Gasteiger partial charge in [0.25, 0.3) is 0 Å². The molecule has 0 amide bonds. The average molecular weight is 318 g/mol. The van der Waals surface area contributed by atoms with Crippen LogP contribution in [0.1, 0.15) is 31.4 Å². The van der Waals surface area contributed by atoms with E-state index < -0.39 is 0 Å². The summed E-state index contributed by atoms with van der Waals surface area (Å²) in [5.41, 5.74) is 0.738. The van der Waals surface area contributed by atoms with Crippen molar-refractivity contribution in [3.63, 3.8) is 0 Å². The van der Waals surface area contributed by atoms with Crippen LogP contribution in [0.2, 0.25) is 0 Å². The van der Waals surface area contributed by atoms with Gasteiger partial charge in [-0.1, -0.05) is 15.9 Å². The molecule has 0 spiro atoms. The summed E-state index contributed by atoms with van der Waals surface area (Å²) in [5, 5.41) is 4.13. The summed E-state index contributed by atoms with van der Waals surface area (Å²) in [6, 6.07) is 5.17. The lowest BCUT2D eigenvalue weighted by Crippen LogP contribution is -2.26. The van der Waals surface area contributed by atoms with Gasteiger partial charge in [-0.2, -0.15) is 11.8 Å². The first kappa shape index (κ1) is 13.4. The van der Waals surface area contributed by atoms with Crippen LogP contribution < -0.4 is 5.32 Å². The maximum Gasteiger partial charge on any atom is 0.128 e. The highest BCUT2D eigenvalue weighted by Crippen LogP contribution is 2.27. The maximum atomic E-state index is 13.7. The van der Waals surface area contributed by atoms with Gasteiger partial charge in [-0.15, -0.1) is 0 Å². The first-order valence-electron chi connectivity index (χ1n) is 5.97. The average Bonchev–Trinajstić information content (AvgIpc) is 2.82. The number of thioether (sulfide) groups is 1. The third kappa shape index (κ3) is 3.70. The lowest BCUT2D eigenvalue weighted by molar-refractivity contribution is 0.522. The molecule has 0 aromatic heterocycles. The molecule has 1 N–H and O–H groups in total. The number of benzene rings is 1. The van der Waals surface area contributed by atoms with Crippen molar-refractivity contribution in [2.75, 3.05) is 12.3 Å². The van der Waals surface area contributed by atoms with Crippen LogP contribution in [-0.4, -0.2) is 17.5 Å². The monoisotopic (exact) mass is 317 g/mol. The van der Waals surface area contributed by atoms with Crippen LogP contribution in [-0.2, 0) is 0 Å². The molecular formula is C13H17BrFNS. The van der Waals surface area contributed by atoms with Gasteiger partial charge in [0.15, 0.2) is 0 Å². The molecule has 1 fully saturated rings. The Bertz CT molecular complexity index is 380. The smallest absolute Gasteiger partial charge is 0.128 e. The van der Waals surface area contributed by atoms with Gasteiger partial charge in [0.2, 0.25) is 0 Å². The number of rotatable bonds is 4. The topological polar surface area (TPSA) is 12.0 Å². The Morgan fingerprint density at radius 2 is 2.41 bits per heavy atom. The van der Waals surface area contributed by atoms with Crippen LogP contribution in [0.15, 0.2) is 22.7 Å². The second kappa shape index (κ2) is 6.21. The number of hydrogen-bond acceptors (Lipinski definition) is 2. The summed E-state index contributed by atoms with van der Waals surface area (Å²) in [6.07, 6.45) is 2.60. The standard InChI is InChI=1S/C13H17BrFNS/c1-9(16-8-11-3-2-6-17-11)12-7-10(14)4-5-13(12)15/h4-5,7,9,11,16H,2-3,6,8H2,1H3. The van der Waals surface area contributed by atoms with E-state index in [1.807, 2.05) is 24.8 Å². The molecule has 0 aliphatic carbocycles. The third-order valence-corrected chi connectivity index (χ3v) is 4.99. The predicted octanol–water partition coefficient (Wildman–Crippen LogP) is 4.13. The van der Waals surface area contributed by atoms with Crippen molar-refractivity contribution in [3.05, 3.63) is 34.1 Å². The van der Waals surface area contributed by atoms with Crippen LogP contribution in [0.25, 0.3) is 0 Å². The van der Waals surface area contributed by atoms with Crippen molar-refractivity contribution in [2.45, 2.75) is 31.1 Å². The Labute approximate surface area is 115 Å². The maximum absolute atomic E-state index is 13.7. The minimum atomic E-state index is -0.132. The minimum Gasteiger partial charge on any atom is -0.309 e. The summed E-state index contributed by atoms with van der Waals surface area (Å²) in [5.74, 6) is 1.14. The molecule has 1 aromatic carbocycles. The second-order valence-electron chi connectivity index (χ2n) is 4.43. The zero-order chi connectivity index (χ0) is 12.3. The lowest BCUT2D eigenvalue weighted by Gasteiger charge is -2.18. The fourth-order valence-electron chi connectivity index (χ4n) is 2.07. The van der Waals surface area contributed by atoms with Gasteiger partial charge < -0.3 is 5.32 Å². The molecule has 1 aromatic rings. The Morgan fingerprint density at radius 1 is 1.59 bits per heavy atom. The highest BCUT2D eigenvalue weighted by Gasteiger charge is 2.17. The van der Waals surface area contributed by atoms with Crippen molar-refractivity contribution in [2.24, 2.45) is 0 Å². The molecule has 2 unspecified atom stereocenters. The van der Waals surface area contributed by atoms with Crippen LogP contribution in [0, 0.1) is 5.82 Å². The molecule has 1 nitrogen and oxygen atoms in total. The van der Waals surface area contributed by atoms with Crippen molar-refractivity contribution < 1.29 is 4.39 Å². The SMILES string of the molecule is CC(NCC1CCCS1)c1cc(Br)ccc1F. The van der Waals surface area contributed by atoms with Crippen LogP contribution in [0.5, 0.6) is 0 Å². The highest BCUT2D eigenvalue weighted by molar-refractivity contribution is 9.10. The summed E-state index contributed by atoms with van der Waals surface area (Å²) in [6.45, 7) is 2.99. The molecule has 1 aliphatic heterocycles. The van der Waals surface area contributed by atoms with Gasteiger partial charge in [0, 0.05) is 27.9 Å². The summed E-state index contributed by atoms with van der Waals surface area (Å²) in [7, 11) is 0. The Hall–Kier alpha value is -0.0600. The fourth-order valence-corrected chi connectivity index (χ4v) is 3.66. The second-order valence-corrected chi connectivity index (χ2v) is 6.75. The highest BCUT2D eigenvalue weighted by atomic mass is 79.9. The molecule has 0 bridgehead atoms. The quantitative estimate of drug-likeness (QED) is 0.896. The van der Waals surface area contributed by atoms with E-state index in [1.54, 1.807) is 6.07 Å². The molecule has 17 heavy (non-hydrogen) atoms. The van der Waals surface area contributed by atoms with E-state index in [0.717, 1.165) is 16.6 Å². The zero-order valence-electron chi connectivity index (χ0n) is 9.88. The molecule has 94 valence electrons. The molecular weight excluding hydrogens is 301 g/mol. The molecule has 1 saturated heterocycles. The van der Waals surface area contributed by atoms with Gasteiger partial charge in [0.05, 0.1) is 0 Å². The number of halogens is 2. The molecule has 4 heteroatoms. The Kier molecular flexibility index (Phi) is 4.88. The van der Waals surface area contributed by atoms with Crippen LogP contribution >= 0.6 is 27.7 Å². The third-order valence-electron chi connectivity index (χ3n) is 3.10. The van der Waals surface area contributed by atoms with E-state index in [1.165, 1.54) is 24.7 Å². The molecule has 0 radical (unpaired) electrons. The minimum absolute atomic E-state index is 0.0636. The van der Waals surface area contributed by atoms with E-state index in [9.17, 15) is 4.39 Å². The van der Waals surface area contributed by atoms with Gasteiger partial charge in [-0.25, -0.2) is 4.39 Å². The zero-order valence-corrected chi connectivity index (χ0v) is 12.3. The summed E-state index contributed by atoms with van der Waals surface area (Å²) < 4.78 is 14.6. The van der Waals surface area contributed by atoms with Crippen LogP contribution in [0.4, 0.5) is 4.39 Å². The van der Waals surface area contributed by atoms with Crippen molar-refractivity contribution in [1.29, 1.82) is 0 Å². The van der Waals surface area contributed by atoms with E-state index in [-0.39, 0.29) is 11.9 Å². The number of nitrogens with one attached hydrogen (secondary N) is 1. The lowest BCUT2D eigenvalue weighted by atomic mass is 10.1. The fraction of sp³-hybridized carbons (Fsp3) is 0.538. The molecule has 1 heterocycles. The van der Waals surface area contributed by atoms with Gasteiger partial charge in [-0.05, 0) is 43.7 Å². The van der Waals surface area contributed by atoms with Crippen molar-refractivity contribution in [3.8, 4) is 0 Å². The Balaban J connectivity index is 1.93. The predicted molar refractivity (Wildman–Crippen MR) is 76.0 cm³/mol. The molecule has 0 saturated carbocycles. The summed E-state index contributed by atoms with van der Waals surface area (Å²) in [4.78, 5) is 0. The molecule has 2 rings (SSSR count). The first-order chi connectivity index (χ1) is 8.16. The van der Waals surface area contributed by atoms with Gasteiger partial charge in [0.1, 0.15) is 5.82 Å². The van der Waals surface area contributed by atoms with Gasteiger partial charge >= 0.3 is 0 Å². The van der Waals surface area contributed by atoms with E-state index in [4.69, 9.17) is 0 Å². The number of hydrogen-bond donors (Lipinski definition) is 1. The molecule has 2 atom stereocenters. The first-order valence-corrected chi connectivity index (χ1v) is 7.81. The largest absolute Gasteiger partial charge is 0.309 e. The van der Waals surface area contributed by atoms with Crippen molar-refractivity contribution >= 4 is 27.7 Å². The van der Waals surface area contributed by atoms with Gasteiger partial charge in [-0.3, -0.25) is 0 Å². The summed E-state index contributed by atoms with van der Waals surface area (Å²) >= 11 is 5.40. The van der Waals surface area contributed by atoms with Crippen LogP contribution in [0.3, 0.4) is 0 Å².